The summed E-state index contributed by atoms with van der Waals surface area (Å²) in [5.41, 5.74) is 2.93. The predicted octanol–water partition coefficient (Wildman–Crippen LogP) is 0.739. The second-order valence-corrected chi connectivity index (χ2v) is 4.36. The summed E-state index contributed by atoms with van der Waals surface area (Å²) in [6, 6.07) is 7.94. The molecule has 0 spiro atoms. The van der Waals surface area contributed by atoms with Crippen molar-refractivity contribution in [1.29, 1.82) is 5.26 Å². The molecule has 86 valence electrons. The fourth-order valence-electron chi connectivity index (χ4n) is 2.73. The Balaban J connectivity index is 2.30. The van der Waals surface area contributed by atoms with Crippen LogP contribution in [0.1, 0.15) is 17.8 Å². The minimum Gasteiger partial charge on any atom is -0.392 e. The van der Waals surface area contributed by atoms with E-state index in [2.05, 4.69) is 15.2 Å². The van der Waals surface area contributed by atoms with Crippen molar-refractivity contribution in [3.63, 3.8) is 0 Å². The molecule has 0 bridgehead atoms. The largest absolute Gasteiger partial charge is 0.392 e. The van der Waals surface area contributed by atoms with Gasteiger partial charge in [0, 0.05) is 6.07 Å². The predicted molar refractivity (Wildman–Crippen MR) is 62.3 cm³/mol. The molecule has 0 amide bonds. The fourth-order valence-corrected chi connectivity index (χ4v) is 2.73. The summed E-state index contributed by atoms with van der Waals surface area (Å²) >= 11 is 0. The zero-order valence-electron chi connectivity index (χ0n) is 9.56. The number of imidazole rings is 1. The lowest BCUT2D eigenvalue weighted by atomic mass is 10.2. The Kier molecular flexibility index (Phi) is 2.34. The minimum absolute atomic E-state index is 0.150. The van der Waals surface area contributed by atoms with Crippen LogP contribution in [0.15, 0.2) is 18.2 Å². The number of aromatic nitrogens is 2. The number of aliphatic hydroxyl groups is 1. The van der Waals surface area contributed by atoms with E-state index in [1.807, 2.05) is 18.2 Å². The van der Waals surface area contributed by atoms with Gasteiger partial charge in [-0.05, 0) is 18.6 Å². The van der Waals surface area contributed by atoms with Crippen LogP contribution in [-0.4, -0.2) is 16.3 Å². The maximum absolute atomic E-state index is 9.15. The van der Waals surface area contributed by atoms with Crippen LogP contribution in [0.25, 0.3) is 11.0 Å². The maximum atomic E-state index is 9.15. The van der Waals surface area contributed by atoms with Gasteiger partial charge in [0.1, 0.15) is 6.54 Å². The summed E-state index contributed by atoms with van der Waals surface area (Å²) in [7, 11) is 0. The smallest absolute Gasteiger partial charge is 0.257 e. The highest BCUT2D eigenvalue weighted by atomic mass is 16.3. The monoisotopic (exact) mass is 228 g/mol. The number of aryl methyl sites for hydroxylation is 1. The lowest BCUT2D eigenvalue weighted by Crippen LogP contribution is -2.38. The van der Waals surface area contributed by atoms with Crippen molar-refractivity contribution in [3.05, 3.63) is 29.6 Å². The summed E-state index contributed by atoms with van der Waals surface area (Å²) in [6.07, 6.45) is 2.20. The summed E-state index contributed by atoms with van der Waals surface area (Å²) in [4.78, 5) is 0. The average Bonchev–Trinajstić information content (AvgIpc) is 2.92. The van der Waals surface area contributed by atoms with Crippen LogP contribution in [0, 0.1) is 11.3 Å². The van der Waals surface area contributed by atoms with Crippen molar-refractivity contribution in [2.75, 3.05) is 6.61 Å². The molecule has 0 atom stereocenters. The third-order valence-electron chi connectivity index (χ3n) is 3.41. The molecule has 0 radical (unpaired) electrons. The number of fused-ring (bicyclic) bond motifs is 3. The van der Waals surface area contributed by atoms with E-state index >= 15 is 0 Å². The quantitative estimate of drug-likeness (QED) is 0.771. The number of rotatable bonds is 2. The first-order valence-electron chi connectivity index (χ1n) is 5.91. The highest BCUT2D eigenvalue weighted by molar-refractivity contribution is 5.74. The molecule has 0 unspecified atom stereocenters. The molecule has 4 heteroatoms. The Morgan fingerprint density at radius 3 is 3.12 bits per heavy atom. The van der Waals surface area contributed by atoms with Gasteiger partial charge in [-0.25, -0.2) is 9.13 Å². The standard InChI is InChI=1S/C13H14N3O/c14-9-10-3-4-11-12(8-10)15-5-1-2-13(15)16(11)6-7-17/h3-4,8,17H,1-2,5-7H2/q+1. The summed E-state index contributed by atoms with van der Waals surface area (Å²) in [5.74, 6) is 1.27. The molecular weight excluding hydrogens is 214 g/mol. The van der Waals surface area contributed by atoms with Crippen molar-refractivity contribution in [1.82, 2.24) is 4.57 Å². The molecule has 1 aromatic heterocycles. The van der Waals surface area contributed by atoms with Gasteiger partial charge in [0.2, 0.25) is 0 Å². The normalized spacial score (nSPS) is 13.9. The van der Waals surface area contributed by atoms with Crippen LogP contribution < -0.4 is 4.57 Å². The van der Waals surface area contributed by atoms with Crippen molar-refractivity contribution >= 4 is 11.0 Å². The Morgan fingerprint density at radius 2 is 2.35 bits per heavy atom. The molecule has 2 aromatic rings. The van der Waals surface area contributed by atoms with E-state index in [9.17, 15) is 0 Å². The summed E-state index contributed by atoms with van der Waals surface area (Å²) < 4.78 is 4.44. The number of aliphatic hydroxyl groups excluding tert-OH is 1. The molecule has 4 nitrogen and oxygen atoms in total. The van der Waals surface area contributed by atoms with Gasteiger partial charge < -0.3 is 5.11 Å². The lowest BCUT2D eigenvalue weighted by Gasteiger charge is -1.96. The van der Waals surface area contributed by atoms with Gasteiger partial charge in [-0.15, -0.1) is 0 Å². The van der Waals surface area contributed by atoms with Crippen LogP contribution in [0.5, 0.6) is 0 Å². The molecule has 0 saturated heterocycles. The second kappa shape index (κ2) is 3.86. The molecule has 1 aromatic carbocycles. The maximum Gasteiger partial charge on any atom is 0.257 e. The van der Waals surface area contributed by atoms with E-state index in [-0.39, 0.29) is 6.61 Å². The highest BCUT2D eigenvalue weighted by Crippen LogP contribution is 2.22. The molecule has 1 aliphatic rings. The average molecular weight is 228 g/mol. The van der Waals surface area contributed by atoms with E-state index in [0.29, 0.717) is 12.1 Å². The second-order valence-electron chi connectivity index (χ2n) is 4.36. The zero-order chi connectivity index (χ0) is 11.8. The van der Waals surface area contributed by atoms with Gasteiger partial charge in [-0.1, -0.05) is 0 Å². The molecule has 0 saturated carbocycles. The van der Waals surface area contributed by atoms with E-state index in [1.165, 1.54) is 5.82 Å². The van der Waals surface area contributed by atoms with E-state index in [4.69, 9.17) is 10.4 Å². The van der Waals surface area contributed by atoms with Gasteiger partial charge in [-0.2, -0.15) is 5.26 Å². The van der Waals surface area contributed by atoms with Gasteiger partial charge in [-0.3, -0.25) is 0 Å². The van der Waals surface area contributed by atoms with Crippen LogP contribution in [0.3, 0.4) is 0 Å². The van der Waals surface area contributed by atoms with Crippen LogP contribution in [0.4, 0.5) is 0 Å². The third kappa shape index (κ3) is 1.43. The first-order chi connectivity index (χ1) is 8.35. The third-order valence-corrected chi connectivity index (χ3v) is 3.41. The minimum atomic E-state index is 0.150. The van der Waals surface area contributed by atoms with E-state index in [1.54, 1.807) is 0 Å². The molecule has 1 aliphatic heterocycles. The molecule has 1 N–H and O–H groups in total. The Bertz CT molecular complexity index is 622. The summed E-state index contributed by atoms with van der Waals surface area (Å²) in [5, 5.41) is 18.1. The van der Waals surface area contributed by atoms with E-state index < -0.39 is 0 Å². The van der Waals surface area contributed by atoms with Crippen molar-refractivity contribution in [3.8, 4) is 6.07 Å². The van der Waals surface area contributed by atoms with Crippen molar-refractivity contribution in [2.45, 2.75) is 25.9 Å². The molecule has 0 aliphatic carbocycles. The van der Waals surface area contributed by atoms with Crippen LogP contribution in [0.2, 0.25) is 0 Å². The van der Waals surface area contributed by atoms with Gasteiger partial charge in [0.25, 0.3) is 5.82 Å². The van der Waals surface area contributed by atoms with E-state index in [0.717, 1.165) is 30.4 Å². The van der Waals surface area contributed by atoms with Crippen molar-refractivity contribution < 1.29 is 9.67 Å². The summed E-state index contributed by atoms with van der Waals surface area (Å²) in [6.45, 7) is 1.79. The number of hydrogen-bond acceptors (Lipinski definition) is 2. The molecular formula is C13H14N3O+. The molecule has 3 rings (SSSR count). The van der Waals surface area contributed by atoms with Crippen LogP contribution in [-0.2, 0) is 19.5 Å². The molecule has 0 fully saturated rings. The van der Waals surface area contributed by atoms with Gasteiger partial charge in [0.15, 0.2) is 11.0 Å². The number of nitriles is 1. The van der Waals surface area contributed by atoms with Gasteiger partial charge in [0.05, 0.1) is 31.2 Å². The first-order valence-corrected chi connectivity index (χ1v) is 5.91. The molecule has 17 heavy (non-hydrogen) atoms. The SMILES string of the molecule is N#Cc1ccc2c(c1)n1c([n+]2CCO)CCC1. The zero-order valence-corrected chi connectivity index (χ0v) is 9.56. The number of nitrogens with zero attached hydrogens (tertiary/aromatic N) is 3. The first kappa shape index (κ1) is 10.3. The fraction of sp³-hybridized carbons (Fsp3) is 0.385. The Hall–Kier alpha value is -1.86. The lowest BCUT2D eigenvalue weighted by molar-refractivity contribution is -0.680. The number of hydrogen-bond donors (Lipinski definition) is 1. The van der Waals surface area contributed by atoms with Crippen molar-refractivity contribution in [2.24, 2.45) is 0 Å². The van der Waals surface area contributed by atoms with Gasteiger partial charge >= 0.3 is 0 Å². The molecule has 2 heterocycles. The topological polar surface area (TPSA) is 52.8 Å². The number of benzene rings is 1. The Labute approximate surface area is 99.3 Å². The highest BCUT2D eigenvalue weighted by Gasteiger charge is 2.28. The van der Waals surface area contributed by atoms with Crippen LogP contribution >= 0.6 is 0 Å². The Morgan fingerprint density at radius 1 is 1.47 bits per heavy atom.